The zero-order chi connectivity index (χ0) is 10.1. The van der Waals surface area contributed by atoms with Crippen LogP contribution in [-0.4, -0.2) is 5.78 Å². The minimum absolute atomic E-state index is 0.243. The van der Waals surface area contributed by atoms with Gasteiger partial charge in [-0.15, -0.1) is 0 Å². The molecule has 14 heavy (non-hydrogen) atoms. The van der Waals surface area contributed by atoms with Crippen molar-refractivity contribution in [2.45, 2.75) is 19.3 Å². The third-order valence-electron chi connectivity index (χ3n) is 2.68. The van der Waals surface area contributed by atoms with Gasteiger partial charge in [0.05, 0.1) is 0 Å². The Labute approximate surface area is 96.6 Å². The third-order valence-corrected chi connectivity index (χ3v) is 3.65. The Morgan fingerprint density at radius 2 is 2.29 bits per heavy atom. The summed E-state index contributed by atoms with van der Waals surface area (Å²) >= 11 is 9.29. The second-order valence-electron chi connectivity index (χ2n) is 3.64. The van der Waals surface area contributed by atoms with Crippen molar-refractivity contribution < 1.29 is 4.79 Å². The van der Waals surface area contributed by atoms with Gasteiger partial charge in [-0.25, -0.2) is 0 Å². The summed E-state index contributed by atoms with van der Waals surface area (Å²) in [5.41, 5.74) is 1.17. The molecule has 1 nitrogen and oxygen atoms in total. The lowest BCUT2D eigenvalue weighted by Gasteiger charge is -2.24. The Balaban J connectivity index is 2.12. The first kappa shape index (κ1) is 10.2. The molecule has 0 heterocycles. The van der Waals surface area contributed by atoms with Gasteiger partial charge in [0, 0.05) is 21.8 Å². The molecule has 3 heteroatoms. The highest BCUT2D eigenvalue weighted by Crippen LogP contribution is 2.30. The van der Waals surface area contributed by atoms with E-state index in [1.807, 2.05) is 18.2 Å². The summed E-state index contributed by atoms with van der Waals surface area (Å²) in [5, 5.41) is 0.723. The maximum absolute atomic E-state index is 11.2. The molecule has 0 N–H and O–H groups in total. The van der Waals surface area contributed by atoms with Crippen LogP contribution in [0.25, 0.3) is 0 Å². The minimum Gasteiger partial charge on any atom is -0.299 e. The summed E-state index contributed by atoms with van der Waals surface area (Å²) in [5.74, 6) is 0.638. The molecule has 1 fully saturated rings. The highest BCUT2D eigenvalue weighted by Gasteiger charge is 2.28. The molecule has 0 aliphatic heterocycles. The molecule has 0 aromatic heterocycles. The first-order chi connectivity index (χ1) is 6.66. The molecule has 0 radical (unpaired) electrons. The van der Waals surface area contributed by atoms with Crippen LogP contribution in [0.3, 0.4) is 0 Å². The van der Waals surface area contributed by atoms with Crippen LogP contribution < -0.4 is 0 Å². The van der Waals surface area contributed by atoms with E-state index >= 15 is 0 Å². The van der Waals surface area contributed by atoms with Gasteiger partial charge in [-0.05, 0) is 30.5 Å². The van der Waals surface area contributed by atoms with Crippen LogP contribution in [0.4, 0.5) is 0 Å². The molecule has 2 rings (SSSR count). The van der Waals surface area contributed by atoms with Crippen molar-refractivity contribution in [2.24, 2.45) is 5.92 Å². The van der Waals surface area contributed by atoms with E-state index in [1.165, 1.54) is 5.56 Å². The fourth-order valence-electron chi connectivity index (χ4n) is 1.63. The number of halogens is 2. The van der Waals surface area contributed by atoms with E-state index in [9.17, 15) is 4.79 Å². The number of benzene rings is 1. The quantitative estimate of drug-likeness (QED) is 0.804. The Bertz CT molecular complexity index is 376. The number of rotatable bonds is 2. The lowest BCUT2D eigenvalue weighted by molar-refractivity contribution is -0.129. The SMILES string of the molecule is O=C1CCC1Cc1ccc(Cl)cc1Br. The van der Waals surface area contributed by atoms with E-state index in [0.29, 0.717) is 5.78 Å². The fourth-order valence-corrected chi connectivity index (χ4v) is 2.48. The number of carbonyl (C=O) groups excluding carboxylic acids is 1. The molecule has 0 bridgehead atoms. The van der Waals surface area contributed by atoms with Crippen LogP contribution in [0.2, 0.25) is 5.02 Å². The molecule has 0 saturated heterocycles. The third kappa shape index (κ3) is 2.01. The van der Waals surface area contributed by atoms with Gasteiger partial charge in [0.1, 0.15) is 5.78 Å². The molecule has 1 saturated carbocycles. The Hall–Kier alpha value is -0.340. The summed E-state index contributed by atoms with van der Waals surface area (Å²) in [4.78, 5) is 11.2. The zero-order valence-electron chi connectivity index (χ0n) is 7.59. The molecule has 1 atom stereocenters. The second-order valence-corrected chi connectivity index (χ2v) is 4.93. The molecule has 1 aromatic carbocycles. The summed E-state index contributed by atoms with van der Waals surface area (Å²) in [7, 11) is 0. The van der Waals surface area contributed by atoms with Crippen LogP contribution in [0.5, 0.6) is 0 Å². The van der Waals surface area contributed by atoms with E-state index < -0.39 is 0 Å². The molecule has 0 spiro atoms. The summed E-state index contributed by atoms with van der Waals surface area (Å²) in [6.45, 7) is 0. The predicted molar refractivity (Wildman–Crippen MR) is 60.6 cm³/mol. The van der Waals surface area contributed by atoms with Crippen LogP contribution >= 0.6 is 27.5 Å². The fraction of sp³-hybridized carbons (Fsp3) is 0.364. The van der Waals surface area contributed by atoms with Crippen molar-refractivity contribution in [3.63, 3.8) is 0 Å². The average molecular weight is 274 g/mol. The first-order valence-electron chi connectivity index (χ1n) is 4.63. The van der Waals surface area contributed by atoms with Crippen molar-refractivity contribution in [1.29, 1.82) is 0 Å². The molecule has 0 amide bonds. The topological polar surface area (TPSA) is 17.1 Å². The molecule has 1 unspecified atom stereocenters. The van der Waals surface area contributed by atoms with Crippen molar-refractivity contribution in [3.05, 3.63) is 33.3 Å². The highest BCUT2D eigenvalue weighted by atomic mass is 79.9. The van der Waals surface area contributed by atoms with Gasteiger partial charge in [-0.3, -0.25) is 4.79 Å². The van der Waals surface area contributed by atoms with Crippen LogP contribution in [-0.2, 0) is 11.2 Å². The molecule has 74 valence electrons. The highest BCUT2D eigenvalue weighted by molar-refractivity contribution is 9.10. The number of hydrogen-bond acceptors (Lipinski definition) is 1. The molecule has 1 aromatic rings. The molecular formula is C11H10BrClO. The maximum atomic E-state index is 11.2. The van der Waals surface area contributed by atoms with Crippen molar-refractivity contribution >= 4 is 33.3 Å². The lowest BCUT2D eigenvalue weighted by atomic mass is 9.79. The van der Waals surface area contributed by atoms with Gasteiger partial charge in [-0.2, -0.15) is 0 Å². The average Bonchev–Trinajstić information content (AvgIpc) is 2.14. The Morgan fingerprint density at radius 1 is 1.50 bits per heavy atom. The maximum Gasteiger partial charge on any atom is 0.136 e. The van der Waals surface area contributed by atoms with Crippen LogP contribution in [0, 0.1) is 5.92 Å². The van der Waals surface area contributed by atoms with E-state index in [-0.39, 0.29) is 5.92 Å². The van der Waals surface area contributed by atoms with E-state index in [1.54, 1.807) is 0 Å². The monoisotopic (exact) mass is 272 g/mol. The minimum atomic E-state index is 0.243. The predicted octanol–water partition coefficient (Wildman–Crippen LogP) is 3.62. The molecule has 1 aliphatic carbocycles. The van der Waals surface area contributed by atoms with E-state index in [2.05, 4.69) is 15.9 Å². The van der Waals surface area contributed by atoms with E-state index in [4.69, 9.17) is 11.6 Å². The zero-order valence-corrected chi connectivity index (χ0v) is 9.94. The lowest BCUT2D eigenvalue weighted by Crippen LogP contribution is -2.27. The van der Waals surface area contributed by atoms with E-state index in [0.717, 1.165) is 28.8 Å². The summed E-state index contributed by atoms with van der Waals surface area (Å²) < 4.78 is 1.00. The van der Waals surface area contributed by atoms with Crippen molar-refractivity contribution in [1.82, 2.24) is 0 Å². The standard InChI is InChI=1S/C11H10BrClO/c12-10-6-9(13)3-1-7(10)5-8-2-4-11(8)14/h1,3,6,8H,2,4-5H2. The van der Waals surface area contributed by atoms with Gasteiger partial charge in [0.25, 0.3) is 0 Å². The second kappa shape index (κ2) is 4.03. The largest absolute Gasteiger partial charge is 0.299 e. The molecule has 1 aliphatic rings. The summed E-state index contributed by atoms with van der Waals surface area (Å²) in [6.07, 6.45) is 2.64. The van der Waals surface area contributed by atoms with Gasteiger partial charge < -0.3 is 0 Å². The van der Waals surface area contributed by atoms with Crippen molar-refractivity contribution in [3.8, 4) is 0 Å². The van der Waals surface area contributed by atoms with Crippen molar-refractivity contribution in [2.75, 3.05) is 0 Å². The van der Waals surface area contributed by atoms with Crippen LogP contribution in [0.1, 0.15) is 18.4 Å². The normalized spacial score (nSPS) is 20.7. The van der Waals surface area contributed by atoms with Crippen LogP contribution in [0.15, 0.2) is 22.7 Å². The number of Topliss-reactive ketones (excluding diaryl/α,β-unsaturated/α-hetero) is 1. The van der Waals surface area contributed by atoms with Gasteiger partial charge >= 0.3 is 0 Å². The summed E-state index contributed by atoms with van der Waals surface area (Å²) in [6, 6.07) is 5.73. The number of hydrogen-bond donors (Lipinski definition) is 0. The Morgan fingerprint density at radius 3 is 2.79 bits per heavy atom. The Kier molecular flexibility index (Phi) is 2.93. The van der Waals surface area contributed by atoms with Gasteiger partial charge in [0.2, 0.25) is 0 Å². The number of ketones is 1. The van der Waals surface area contributed by atoms with Gasteiger partial charge in [0.15, 0.2) is 0 Å². The first-order valence-corrected chi connectivity index (χ1v) is 5.80. The molecular weight excluding hydrogens is 263 g/mol. The smallest absolute Gasteiger partial charge is 0.136 e. The number of carbonyl (C=O) groups is 1. The van der Waals surface area contributed by atoms with Gasteiger partial charge in [-0.1, -0.05) is 33.6 Å².